The smallest absolute Gasteiger partial charge is 0.302 e. The average molecular weight is 296 g/mol. The number of hydrogen-bond acceptors (Lipinski definition) is 4. The van der Waals surface area contributed by atoms with Crippen LogP contribution in [0.5, 0.6) is 0 Å². The summed E-state index contributed by atoms with van der Waals surface area (Å²) >= 11 is 0. The molecule has 0 bridgehead atoms. The molecule has 0 aliphatic rings. The van der Waals surface area contributed by atoms with Gasteiger partial charge >= 0.3 is 5.97 Å². The van der Waals surface area contributed by atoms with Crippen LogP contribution in [0.1, 0.15) is 46.5 Å². The van der Waals surface area contributed by atoms with E-state index in [-0.39, 0.29) is 12.6 Å². The molecule has 0 aromatic carbocycles. The quantitative estimate of drug-likeness (QED) is 0.480. The number of carbonyl (C=O) groups is 1. The second-order valence-electron chi connectivity index (χ2n) is 5.47. The maximum atomic E-state index is 10.6. The van der Waals surface area contributed by atoms with Crippen molar-refractivity contribution in [2.45, 2.75) is 58.7 Å². The van der Waals surface area contributed by atoms with E-state index >= 15 is 0 Å². The van der Waals surface area contributed by atoms with E-state index in [0.29, 0.717) is 25.7 Å². The Morgan fingerprint density at radius 3 is 2.19 bits per heavy atom. The average Bonchev–Trinajstić information content (AvgIpc) is 2.40. The van der Waals surface area contributed by atoms with Crippen LogP contribution in [0.3, 0.4) is 0 Å². The van der Waals surface area contributed by atoms with Gasteiger partial charge in [-0.1, -0.05) is 24.3 Å². The molecule has 0 radical (unpaired) electrons. The van der Waals surface area contributed by atoms with Gasteiger partial charge in [0.25, 0.3) is 0 Å². The minimum Gasteiger partial charge on any atom is -0.462 e. The van der Waals surface area contributed by atoms with Crippen molar-refractivity contribution in [3.05, 3.63) is 36.0 Å². The van der Waals surface area contributed by atoms with Gasteiger partial charge in [0.1, 0.15) is 6.61 Å². The molecule has 0 rings (SSSR count). The maximum Gasteiger partial charge on any atom is 0.302 e. The van der Waals surface area contributed by atoms with Crippen molar-refractivity contribution >= 4 is 5.97 Å². The number of allylic oxidation sites excluding steroid dienone is 1. The predicted molar refractivity (Wildman–Crippen MR) is 84.8 cm³/mol. The Balaban J connectivity index is 4.01. The van der Waals surface area contributed by atoms with Crippen LogP contribution in [0.25, 0.3) is 0 Å². The minimum atomic E-state index is -0.584. The lowest BCUT2D eigenvalue weighted by Gasteiger charge is -2.16. The molecule has 0 aliphatic carbocycles. The third-order valence-electron chi connectivity index (χ3n) is 3.31. The first-order valence-corrected chi connectivity index (χ1v) is 7.22. The van der Waals surface area contributed by atoms with Gasteiger partial charge in [0.05, 0.1) is 12.2 Å². The number of aliphatic hydroxyl groups is 2. The van der Waals surface area contributed by atoms with Crippen molar-refractivity contribution in [3.8, 4) is 0 Å². The lowest BCUT2D eigenvalue weighted by molar-refractivity contribution is -0.139. The van der Waals surface area contributed by atoms with Gasteiger partial charge in [-0.2, -0.15) is 0 Å². The van der Waals surface area contributed by atoms with Crippen LogP contribution in [0, 0.1) is 0 Å². The molecule has 4 heteroatoms. The van der Waals surface area contributed by atoms with Crippen molar-refractivity contribution < 1.29 is 19.7 Å². The van der Waals surface area contributed by atoms with Gasteiger partial charge in [-0.15, -0.1) is 0 Å². The highest BCUT2D eigenvalue weighted by molar-refractivity contribution is 5.66. The summed E-state index contributed by atoms with van der Waals surface area (Å²) in [6, 6.07) is 0. The molecule has 0 heterocycles. The van der Waals surface area contributed by atoms with E-state index in [9.17, 15) is 15.0 Å². The highest BCUT2D eigenvalue weighted by atomic mass is 16.5. The number of esters is 1. The molecule has 0 amide bonds. The van der Waals surface area contributed by atoms with Gasteiger partial charge in [0.2, 0.25) is 0 Å². The molecule has 0 aromatic rings. The molecule has 2 unspecified atom stereocenters. The van der Waals surface area contributed by atoms with Gasteiger partial charge in [-0.3, -0.25) is 4.79 Å². The molecular weight excluding hydrogens is 268 g/mol. The molecule has 0 aromatic heterocycles. The molecule has 0 saturated carbocycles. The largest absolute Gasteiger partial charge is 0.462 e. The summed E-state index contributed by atoms with van der Waals surface area (Å²) in [6.45, 7) is 12.9. The fourth-order valence-electron chi connectivity index (χ4n) is 1.71. The Kier molecular flexibility index (Phi) is 9.67. The summed E-state index contributed by atoms with van der Waals surface area (Å²) in [5.41, 5.74) is 2.51. The lowest BCUT2D eigenvalue weighted by Crippen LogP contribution is -2.13. The zero-order valence-corrected chi connectivity index (χ0v) is 13.4. The van der Waals surface area contributed by atoms with Gasteiger partial charge in [0.15, 0.2) is 0 Å². The van der Waals surface area contributed by atoms with Crippen molar-refractivity contribution in [2.75, 3.05) is 6.61 Å². The number of rotatable bonds is 10. The number of carbonyl (C=O) groups excluding carboxylic acids is 1. The lowest BCUT2D eigenvalue weighted by atomic mass is 9.97. The van der Waals surface area contributed by atoms with Crippen LogP contribution in [0.15, 0.2) is 36.0 Å². The van der Waals surface area contributed by atoms with Crippen LogP contribution in [-0.4, -0.2) is 35.0 Å². The monoisotopic (exact) mass is 296 g/mol. The molecule has 0 aliphatic heterocycles. The van der Waals surface area contributed by atoms with Crippen LogP contribution >= 0.6 is 0 Å². The molecule has 2 atom stereocenters. The van der Waals surface area contributed by atoms with Crippen molar-refractivity contribution in [2.24, 2.45) is 0 Å². The summed E-state index contributed by atoms with van der Waals surface area (Å²) in [5, 5.41) is 19.7. The first-order chi connectivity index (χ1) is 9.73. The first kappa shape index (κ1) is 19.6. The van der Waals surface area contributed by atoms with E-state index < -0.39 is 12.2 Å². The molecule has 0 spiro atoms. The fraction of sp³-hybridized carbons (Fsp3) is 0.588. The van der Waals surface area contributed by atoms with Crippen molar-refractivity contribution in [1.29, 1.82) is 0 Å². The standard InChI is InChI=1S/C17H28O4/c1-12(2)16(19)9-7-14(4)17(20)8-6-13(3)10-11-21-15(5)18/h10,16-17,19-20H,1,4,6-9,11H2,2-3,5H3/b13-10+. The summed E-state index contributed by atoms with van der Waals surface area (Å²) < 4.78 is 4.82. The van der Waals surface area contributed by atoms with Crippen LogP contribution in [0.2, 0.25) is 0 Å². The van der Waals surface area contributed by atoms with E-state index in [2.05, 4.69) is 13.2 Å². The number of ether oxygens (including phenoxy) is 1. The zero-order chi connectivity index (χ0) is 16.4. The van der Waals surface area contributed by atoms with Gasteiger partial charge in [0, 0.05) is 6.92 Å². The minimum absolute atomic E-state index is 0.267. The van der Waals surface area contributed by atoms with Gasteiger partial charge in [-0.05, 0) is 51.2 Å². The Bertz CT molecular complexity index is 396. The summed E-state index contributed by atoms with van der Waals surface area (Å²) in [5.74, 6) is -0.302. The second-order valence-corrected chi connectivity index (χ2v) is 5.47. The van der Waals surface area contributed by atoms with E-state index in [0.717, 1.165) is 16.7 Å². The SMILES string of the molecule is C=C(C)C(O)CCC(=C)C(O)CC/C(C)=C/COC(C)=O. The molecule has 4 nitrogen and oxygen atoms in total. The normalized spacial score (nSPS) is 14.4. The van der Waals surface area contributed by atoms with E-state index in [1.165, 1.54) is 6.92 Å². The molecule has 0 fully saturated rings. The second kappa shape index (κ2) is 10.4. The Labute approximate surface area is 127 Å². The predicted octanol–water partition coefficient (Wildman–Crippen LogP) is 2.91. The Morgan fingerprint density at radius 2 is 1.67 bits per heavy atom. The van der Waals surface area contributed by atoms with E-state index in [1.54, 1.807) is 6.92 Å². The number of aliphatic hydroxyl groups excluding tert-OH is 2. The van der Waals surface area contributed by atoms with E-state index in [4.69, 9.17) is 4.74 Å². The van der Waals surface area contributed by atoms with E-state index in [1.807, 2.05) is 13.0 Å². The molecule has 2 N–H and O–H groups in total. The van der Waals surface area contributed by atoms with Gasteiger partial charge < -0.3 is 14.9 Å². The van der Waals surface area contributed by atoms with Crippen molar-refractivity contribution in [1.82, 2.24) is 0 Å². The highest BCUT2D eigenvalue weighted by Gasteiger charge is 2.11. The molecule has 0 saturated heterocycles. The van der Waals surface area contributed by atoms with Crippen LogP contribution in [0.4, 0.5) is 0 Å². The topological polar surface area (TPSA) is 66.8 Å². The van der Waals surface area contributed by atoms with Crippen molar-refractivity contribution in [3.63, 3.8) is 0 Å². The summed E-state index contributed by atoms with van der Waals surface area (Å²) in [7, 11) is 0. The third-order valence-corrected chi connectivity index (χ3v) is 3.31. The Hall–Kier alpha value is -1.39. The zero-order valence-electron chi connectivity index (χ0n) is 13.4. The first-order valence-electron chi connectivity index (χ1n) is 7.22. The highest BCUT2D eigenvalue weighted by Crippen LogP contribution is 2.18. The van der Waals surface area contributed by atoms with Crippen LogP contribution < -0.4 is 0 Å². The molecule has 21 heavy (non-hydrogen) atoms. The number of hydrogen-bond donors (Lipinski definition) is 2. The molecular formula is C17H28O4. The maximum absolute atomic E-state index is 10.6. The fourth-order valence-corrected chi connectivity index (χ4v) is 1.71. The van der Waals surface area contributed by atoms with Gasteiger partial charge in [-0.25, -0.2) is 0 Å². The molecule has 120 valence electrons. The summed E-state index contributed by atoms with van der Waals surface area (Å²) in [6.07, 6.45) is 3.10. The van der Waals surface area contributed by atoms with Crippen LogP contribution in [-0.2, 0) is 9.53 Å². The third kappa shape index (κ3) is 10.0. The summed E-state index contributed by atoms with van der Waals surface area (Å²) in [4.78, 5) is 10.6. The Morgan fingerprint density at radius 1 is 1.10 bits per heavy atom.